The zero-order valence-electron chi connectivity index (χ0n) is 13.4. The number of carbonyl (C=O) groups is 1. The van der Waals surface area contributed by atoms with Crippen LogP contribution in [0.4, 0.5) is 5.69 Å². The second kappa shape index (κ2) is 7.32. The number of carbonyl (C=O) groups excluding carboxylic acids is 1. The number of aryl methyl sites for hydroxylation is 1. The average Bonchev–Trinajstić information content (AvgIpc) is 2.96. The predicted molar refractivity (Wildman–Crippen MR) is 96.3 cm³/mol. The molecule has 5 heteroatoms. The van der Waals surface area contributed by atoms with Crippen LogP contribution in [-0.2, 0) is 17.8 Å². The van der Waals surface area contributed by atoms with Crippen molar-refractivity contribution in [2.24, 2.45) is 0 Å². The molecule has 4 nitrogen and oxygen atoms in total. The van der Waals surface area contributed by atoms with Gasteiger partial charge in [-0.3, -0.25) is 9.48 Å². The van der Waals surface area contributed by atoms with E-state index in [1.165, 1.54) is 11.1 Å². The van der Waals surface area contributed by atoms with Crippen LogP contribution < -0.4 is 5.32 Å². The zero-order chi connectivity index (χ0) is 16.9. The summed E-state index contributed by atoms with van der Waals surface area (Å²) in [6.45, 7) is 2.74. The third-order valence-electron chi connectivity index (χ3n) is 3.62. The van der Waals surface area contributed by atoms with E-state index in [-0.39, 0.29) is 5.91 Å². The standard InChI is InChI=1S/C19H18ClN3O/c1-14-3-2-4-16(9-14)12-23-13-18(11-21-23)22-19(24)10-15-5-7-17(20)8-6-15/h2-9,11,13H,10,12H2,1H3,(H,22,24). The topological polar surface area (TPSA) is 46.9 Å². The average molecular weight is 340 g/mol. The second-order valence-corrected chi connectivity index (χ2v) is 6.20. The first kappa shape index (κ1) is 16.3. The SMILES string of the molecule is Cc1cccc(Cn2cc(NC(=O)Cc3ccc(Cl)cc3)cn2)c1. The third kappa shape index (κ3) is 4.46. The molecule has 0 radical (unpaired) electrons. The number of rotatable bonds is 5. The molecule has 0 aliphatic rings. The molecule has 3 aromatic rings. The Hall–Kier alpha value is -2.59. The van der Waals surface area contributed by atoms with Crippen LogP contribution in [0.3, 0.4) is 0 Å². The van der Waals surface area contributed by atoms with Crippen LogP contribution in [0.2, 0.25) is 5.02 Å². The van der Waals surface area contributed by atoms with Gasteiger partial charge < -0.3 is 5.32 Å². The van der Waals surface area contributed by atoms with Gasteiger partial charge in [0.05, 0.1) is 24.8 Å². The summed E-state index contributed by atoms with van der Waals surface area (Å²) in [5.41, 5.74) is 4.01. The fourth-order valence-electron chi connectivity index (χ4n) is 2.50. The highest BCUT2D eigenvalue weighted by atomic mass is 35.5. The maximum atomic E-state index is 12.1. The van der Waals surface area contributed by atoms with Crippen molar-refractivity contribution in [2.75, 3.05) is 5.32 Å². The van der Waals surface area contributed by atoms with Gasteiger partial charge in [-0.25, -0.2) is 0 Å². The number of nitrogens with zero attached hydrogens (tertiary/aromatic N) is 2. The largest absolute Gasteiger partial charge is 0.323 e. The molecule has 1 heterocycles. The van der Waals surface area contributed by atoms with Crippen molar-refractivity contribution in [3.8, 4) is 0 Å². The minimum absolute atomic E-state index is 0.0765. The van der Waals surface area contributed by atoms with Crippen molar-refractivity contribution < 1.29 is 4.79 Å². The zero-order valence-corrected chi connectivity index (χ0v) is 14.1. The van der Waals surface area contributed by atoms with Gasteiger partial charge in [0.1, 0.15) is 0 Å². The molecular weight excluding hydrogens is 322 g/mol. The molecular formula is C19H18ClN3O. The van der Waals surface area contributed by atoms with Crippen LogP contribution in [0.1, 0.15) is 16.7 Å². The maximum Gasteiger partial charge on any atom is 0.228 e. The summed E-state index contributed by atoms with van der Waals surface area (Å²) in [7, 11) is 0. The smallest absolute Gasteiger partial charge is 0.228 e. The normalized spacial score (nSPS) is 10.6. The van der Waals surface area contributed by atoms with Crippen LogP contribution in [0.25, 0.3) is 0 Å². The van der Waals surface area contributed by atoms with E-state index in [1.807, 2.05) is 29.1 Å². The predicted octanol–water partition coefficient (Wildman–Crippen LogP) is 4.07. The first-order valence-corrected chi connectivity index (χ1v) is 8.08. The summed E-state index contributed by atoms with van der Waals surface area (Å²) < 4.78 is 1.81. The molecule has 0 spiro atoms. The van der Waals surface area contributed by atoms with Crippen molar-refractivity contribution >= 4 is 23.2 Å². The number of benzene rings is 2. The fraction of sp³-hybridized carbons (Fsp3) is 0.158. The van der Waals surface area contributed by atoms with Crippen molar-refractivity contribution in [1.82, 2.24) is 9.78 Å². The summed E-state index contributed by atoms with van der Waals surface area (Å²) in [4.78, 5) is 12.1. The van der Waals surface area contributed by atoms with E-state index in [0.29, 0.717) is 23.7 Å². The summed E-state index contributed by atoms with van der Waals surface area (Å²) in [5, 5.41) is 7.83. The van der Waals surface area contributed by atoms with Crippen molar-refractivity contribution in [1.29, 1.82) is 0 Å². The molecule has 0 bridgehead atoms. The summed E-state index contributed by atoms with van der Waals surface area (Å²) in [6.07, 6.45) is 3.80. The quantitative estimate of drug-likeness (QED) is 0.761. The Morgan fingerprint density at radius 1 is 1.17 bits per heavy atom. The molecule has 3 rings (SSSR count). The van der Waals surface area contributed by atoms with Crippen LogP contribution >= 0.6 is 11.6 Å². The van der Waals surface area contributed by atoms with E-state index in [2.05, 4.69) is 35.5 Å². The maximum absolute atomic E-state index is 12.1. The summed E-state index contributed by atoms with van der Waals surface area (Å²) >= 11 is 5.85. The van der Waals surface area contributed by atoms with Crippen LogP contribution in [-0.4, -0.2) is 15.7 Å². The van der Waals surface area contributed by atoms with Gasteiger partial charge in [0.2, 0.25) is 5.91 Å². The lowest BCUT2D eigenvalue weighted by Crippen LogP contribution is -2.13. The van der Waals surface area contributed by atoms with E-state index in [9.17, 15) is 4.79 Å². The van der Waals surface area contributed by atoms with Gasteiger partial charge in [0.15, 0.2) is 0 Å². The number of anilines is 1. The van der Waals surface area contributed by atoms with E-state index in [4.69, 9.17) is 11.6 Å². The molecule has 1 N–H and O–H groups in total. The lowest BCUT2D eigenvalue weighted by Gasteiger charge is -2.04. The van der Waals surface area contributed by atoms with Crippen molar-refractivity contribution in [3.63, 3.8) is 0 Å². The molecule has 0 aliphatic carbocycles. The first-order valence-electron chi connectivity index (χ1n) is 7.71. The molecule has 2 aromatic carbocycles. The Morgan fingerprint density at radius 3 is 2.71 bits per heavy atom. The van der Waals surface area contributed by atoms with E-state index >= 15 is 0 Å². The monoisotopic (exact) mass is 339 g/mol. The minimum atomic E-state index is -0.0765. The number of amides is 1. The number of hydrogen-bond donors (Lipinski definition) is 1. The van der Waals surface area contributed by atoms with Gasteiger partial charge >= 0.3 is 0 Å². The Kier molecular flexibility index (Phi) is 4.96. The van der Waals surface area contributed by atoms with E-state index in [1.54, 1.807) is 18.3 Å². The lowest BCUT2D eigenvalue weighted by atomic mass is 10.1. The van der Waals surface area contributed by atoms with Gasteiger partial charge in [-0.05, 0) is 30.2 Å². The highest BCUT2D eigenvalue weighted by Gasteiger charge is 2.06. The summed E-state index contributed by atoms with van der Waals surface area (Å²) in [5.74, 6) is -0.0765. The Balaban J connectivity index is 1.59. The molecule has 1 amide bonds. The van der Waals surface area contributed by atoms with Crippen LogP contribution in [0, 0.1) is 6.92 Å². The number of aromatic nitrogens is 2. The lowest BCUT2D eigenvalue weighted by molar-refractivity contribution is -0.115. The van der Waals surface area contributed by atoms with Gasteiger partial charge in [0.25, 0.3) is 0 Å². The van der Waals surface area contributed by atoms with Gasteiger partial charge in [-0.15, -0.1) is 0 Å². The molecule has 0 aliphatic heterocycles. The van der Waals surface area contributed by atoms with Gasteiger partial charge in [0, 0.05) is 11.2 Å². The number of hydrogen-bond acceptors (Lipinski definition) is 2. The van der Waals surface area contributed by atoms with Crippen LogP contribution in [0.5, 0.6) is 0 Å². The Labute approximate surface area is 146 Å². The second-order valence-electron chi connectivity index (χ2n) is 5.77. The highest BCUT2D eigenvalue weighted by Crippen LogP contribution is 2.12. The molecule has 0 atom stereocenters. The summed E-state index contributed by atoms with van der Waals surface area (Å²) in [6, 6.07) is 15.5. The first-order chi connectivity index (χ1) is 11.6. The molecule has 0 unspecified atom stereocenters. The Bertz CT molecular complexity index is 840. The minimum Gasteiger partial charge on any atom is -0.323 e. The molecule has 0 fully saturated rings. The number of halogens is 1. The van der Waals surface area contributed by atoms with Crippen molar-refractivity contribution in [2.45, 2.75) is 19.9 Å². The highest BCUT2D eigenvalue weighted by molar-refractivity contribution is 6.30. The molecule has 0 saturated carbocycles. The fourth-order valence-corrected chi connectivity index (χ4v) is 2.63. The van der Waals surface area contributed by atoms with Gasteiger partial charge in [-0.2, -0.15) is 5.10 Å². The van der Waals surface area contributed by atoms with E-state index < -0.39 is 0 Å². The molecule has 0 saturated heterocycles. The van der Waals surface area contributed by atoms with E-state index in [0.717, 1.165) is 5.56 Å². The van der Waals surface area contributed by atoms with Crippen LogP contribution in [0.15, 0.2) is 60.9 Å². The van der Waals surface area contributed by atoms with Gasteiger partial charge in [-0.1, -0.05) is 53.6 Å². The Morgan fingerprint density at radius 2 is 1.96 bits per heavy atom. The molecule has 122 valence electrons. The molecule has 1 aromatic heterocycles. The third-order valence-corrected chi connectivity index (χ3v) is 3.87. The number of nitrogens with one attached hydrogen (secondary N) is 1. The van der Waals surface area contributed by atoms with Crippen molar-refractivity contribution in [3.05, 3.63) is 82.6 Å². The molecule has 24 heavy (non-hydrogen) atoms.